The summed E-state index contributed by atoms with van der Waals surface area (Å²) in [5, 5.41) is 4.68. The number of halogens is 1. The minimum atomic E-state index is 0.267. The summed E-state index contributed by atoms with van der Waals surface area (Å²) in [5.74, 6) is 2.57. The Morgan fingerprint density at radius 2 is 1.77 bits per heavy atom. The second-order valence-corrected chi connectivity index (χ2v) is 9.20. The van der Waals surface area contributed by atoms with Crippen LogP contribution in [0.3, 0.4) is 0 Å². The van der Waals surface area contributed by atoms with E-state index < -0.39 is 0 Å². The Bertz CT molecular complexity index is 855. The van der Waals surface area contributed by atoms with E-state index in [-0.39, 0.29) is 5.91 Å². The van der Waals surface area contributed by atoms with Gasteiger partial charge in [0.15, 0.2) is 0 Å². The minimum absolute atomic E-state index is 0.267. The maximum Gasteiger partial charge on any atom is 0.241 e. The normalized spacial score (nSPS) is 23.6. The third-order valence-electron chi connectivity index (χ3n) is 5.99. The number of carbonyl (C=O) groups excluding carboxylic acids is 1. The highest BCUT2D eigenvalue weighted by molar-refractivity contribution is 6.33. The Morgan fingerprint density at radius 1 is 1.10 bits per heavy atom. The first-order chi connectivity index (χ1) is 14.5. The lowest BCUT2D eigenvalue weighted by atomic mass is 9.92. The lowest BCUT2D eigenvalue weighted by Crippen LogP contribution is -2.51. The Hall–Kier alpha value is -1.96. The van der Waals surface area contributed by atoms with E-state index in [1.807, 2.05) is 24.3 Å². The maximum atomic E-state index is 12.7. The first kappa shape index (κ1) is 21.3. The van der Waals surface area contributed by atoms with E-state index >= 15 is 0 Å². The number of nitrogens with zero attached hydrogens (tertiary/aromatic N) is 5. The topological polar surface area (TPSA) is 65.7 Å². The fraction of sp³-hybridized carbons (Fsp3) is 0.591. The Kier molecular flexibility index (Phi) is 6.71. The van der Waals surface area contributed by atoms with E-state index in [9.17, 15) is 4.79 Å². The zero-order chi connectivity index (χ0) is 21.1. The van der Waals surface area contributed by atoms with Gasteiger partial charge in [-0.15, -0.1) is 0 Å². The number of likely N-dealkylation sites (tertiary alicyclic amines) is 1. The molecule has 2 aromatic rings. The zero-order valence-electron chi connectivity index (χ0n) is 17.8. The largest absolute Gasteiger partial charge is 0.341 e. The lowest BCUT2D eigenvalue weighted by Gasteiger charge is -2.38. The average molecular weight is 432 g/mol. The highest BCUT2D eigenvalue weighted by Crippen LogP contribution is 2.25. The number of hydrogen-bond donors (Lipinski definition) is 0. The molecule has 2 unspecified atom stereocenters. The molecule has 1 aromatic carbocycles. The van der Waals surface area contributed by atoms with E-state index in [0.29, 0.717) is 41.7 Å². The van der Waals surface area contributed by atoms with Crippen molar-refractivity contribution in [1.82, 2.24) is 24.8 Å². The highest BCUT2D eigenvalue weighted by atomic mass is 35.5. The van der Waals surface area contributed by atoms with Gasteiger partial charge in [0.25, 0.3) is 0 Å². The summed E-state index contributed by atoms with van der Waals surface area (Å²) in [5.41, 5.74) is 0.777. The van der Waals surface area contributed by atoms with Gasteiger partial charge in [0.05, 0.1) is 18.1 Å². The number of piperidine rings is 1. The molecule has 3 heterocycles. The van der Waals surface area contributed by atoms with E-state index in [0.717, 1.165) is 44.8 Å². The van der Waals surface area contributed by atoms with E-state index in [1.54, 1.807) is 0 Å². The van der Waals surface area contributed by atoms with Gasteiger partial charge in [-0.25, -0.2) is 0 Å². The monoisotopic (exact) mass is 431 g/mol. The molecule has 0 radical (unpaired) electrons. The van der Waals surface area contributed by atoms with Crippen LogP contribution in [0.15, 0.2) is 28.8 Å². The van der Waals surface area contributed by atoms with Crippen LogP contribution in [0.25, 0.3) is 11.4 Å². The molecule has 30 heavy (non-hydrogen) atoms. The van der Waals surface area contributed by atoms with Gasteiger partial charge in [-0.3, -0.25) is 14.6 Å². The van der Waals surface area contributed by atoms with Gasteiger partial charge >= 0.3 is 0 Å². The molecule has 2 aliphatic heterocycles. The molecule has 0 spiro atoms. The van der Waals surface area contributed by atoms with Crippen molar-refractivity contribution in [2.45, 2.75) is 26.8 Å². The first-order valence-electron chi connectivity index (χ1n) is 10.8. The molecule has 0 bridgehead atoms. The summed E-state index contributed by atoms with van der Waals surface area (Å²) in [7, 11) is 0. The van der Waals surface area contributed by atoms with Crippen LogP contribution < -0.4 is 0 Å². The van der Waals surface area contributed by atoms with Crippen molar-refractivity contribution in [3.63, 3.8) is 0 Å². The van der Waals surface area contributed by atoms with E-state index in [4.69, 9.17) is 16.1 Å². The fourth-order valence-corrected chi connectivity index (χ4v) is 4.75. The molecule has 8 heteroatoms. The van der Waals surface area contributed by atoms with Crippen LogP contribution in [0, 0.1) is 11.8 Å². The van der Waals surface area contributed by atoms with Gasteiger partial charge in [0.1, 0.15) is 0 Å². The van der Waals surface area contributed by atoms with Gasteiger partial charge in [-0.1, -0.05) is 42.7 Å². The van der Waals surface area contributed by atoms with Gasteiger partial charge < -0.3 is 9.42 Å². The summed E-state index contributed by atoms with van der Waals surface area (Å²) in [6, 6.07) is 7.49. The number of rotatable bonds is 5. The summed E-state index contributed by atoms with van der Waals surface area (Å²) < 4.78 is 5.43. The summed E-state index contributed by atoms with van der Waals surface area (Å²) >= 11 is 6.22. The highest BCUT2D eigenvalue weighted by Gasteiger charge is 2.27. The molecule has 2 fully saturated rings. The summed E-state index contributed by atoms with van der Waals surface area (Å²) in [4.78, 5) is 23.8. The van der Waals surface area contributed by atoms with Crippen LogP contribution in [0.4, 0.5) is 0 Å². The molecule has 1 amide bonds. The Labute approximate surface area is 183 Å². The molecular formula is C22H30ClN5O2. The molecule has 2 atom stereocenters. The Balaban J connectivity index is 1.25. The smallest absolute Gasteiger partial charge is 0.241 e. The molecule has 0 aliphatic carbocycles. The van der Waals surface area contributed by atoms with Crippen molar-refractivity contribution in [3.8, 4) is 11.4 Å². The van der Waals surface area contributed by atoms with Crippen LogP contribution in [0.1, 0.15) is 26.2 Å². The predicted octanol–water partition coefficient (Wildman–Crippen LogP) is 3.01. The third-order valence-corrected chi connectivity index (χ3v) is 6.32. The fourth-order valence-electron chi connectivity index (χ4n) is 4.53. The average Bonchev–Trinajstić information content (AvgIpc) is 3.17. The van der Waals surface area contributed by atoms with Gasteiger partial charge in [0.2, 0.25) is 17.6 Å². The van der Waals surface area contributed by atoms with Gasteiger partial charge in [0, 0.05) is 44.8 Å². The van der Waals surface area contributed by atoms with Crippen molar-refractivity contribution in [2.75, 3.05) is 45.8 Å². The van der Waals surface area contributed by atoms with Crippen molar-refractivity contribution in [3.05, 3.63) is 35.2 Å². The molecule has 2 aliphatic rings. The van der Waals surface area contributed by atoms with Crippen LogP contribution in [-0.2, 0) is 11.3 Å². The SMILES string of the molecule is CC1CC(C)CN(C(=O)CN2CCN(Cc3nc(-c4ccccc4Cl)no3)CC2)C1. The zero-order valence-corrected chi connectivity index (χ0v) is 18.5. The molecule has 4 rings (SSSR count). The molecule has 162 valence electrons. The minimum Gasteiger partial charge on any atom is -0.341 e. The second kappa shape index (κ2) is 9.45. The standard InChI is InChI=1S/C22H30ClN5O2/c1-16-11-17(2)13-28(12-16)21(29)15-27-9-7-26(8-10-27)14-20-24-22(25-30-20)18-5-3-4-6-19(18)23/h3-6,16-17H,7-15H2,1-2H3. The number of carbonyl (C=O) groups is 1. The quantitative estimate of drug-likeness (QED) is 0.725. The van der Waals surface area contributed by atoms with Gasteiger partial charge in [-0.2, -0.15) is 4.98 Å². The van der Waals surface area contributed by atoms with Crippen molar-refractivity contribution in [1.29, 1.82) is 0 Å². The molecule has 1 aromatic heterocycles. The summed E-state index contributed by atoms with van der Waals surface area (Å²) in [6.07, 6.45) is 1.22. The first-order valence-corrected chi connectivity index (χ1v) is 11.2. The Morgan fingerprint density at radius 3 is 2.47 bits per heavy atom. The van der Waals surface area contributed by atoms with Crippen LogP contribution in [0.5, 0.6) is 0 Å². The lowest BCUT2D eigenvalue weighted by molar-refractivity contribution is -0.135. The van der Waals surface area contributed by atoms with Crippen LogP contribution in [0.2, 0.25) is 5.02 Å². The number of hydrogen-bond acceptors (Lipinski definition) is 6. The number of benzene rings is 1. The maximum absolute atomic E-state index is 12.7. The third kappa shape index (κ3) is 5.20. The van der Waals surface area contributed by atoms with Crippen LogP contribution >= 0.6 is 11.6 Å². The van der Waals surface area contributed by atoms with Crippen molar-refractivity contribution >= 4 is 17.5 Å². The van der Waals surface area contributed by atoms with E-state index in [1.165, 1.54) is 6.42 Å². The molecule has 0 N–H and O–H groups in total. The van der Waals surface area contributed by atoms with Gasteiger partial charge in [-0.05, 0) is 30.4 Å². The summed E-state index contributed by atoms with van der Waals surface area (Å²) in [6.45, 7) is 10.9. The van der Waals surface area contributed by atoms with E-state index in [2.05, 4.69) is 38.7 Å². The van der Waals surface area contributed by atoms with Crippen molar-refractivity contribution < 1.29 is 9.32 Å². The number of amides is 1. The predicted molar refractivity (Wildman–Crippen MR) is 116 cm³/mol. The van der Waals surface area contributed by atoms with Crippen molar-refractivity contribution in [2.24, 2.45) is 11.8 Å². The molecule has 7 nitrogen and oxygen atoms in total. The number of piperazine rings is 1. The molecular weight excluding hydrogens is 402 g/mol. The second-order valence-electron chi connectivity index (χ2n) is 8.79. The molecule has 0 saturated carbocycles. The molecule has 2 saturated heterocycles. The van der Waals surface area contributed by atoms with Crippen LogP contribution in [-0.4, -0.2) is 76.6 Å². The number of aromatic nitrogens is 2.